The van der Waals surface area contributed by atoms with Crippen molar-refractivity contribution in [2.75, 3.05) is 5.73 Å². The first-order valence-electron chi connectivity index (χ1n) is 4.23. The van der Waals surface area contributed by atoms with E-state index in [1.54, 1.807) is 24.3 Å². The van der Waals surface area contributed by atoms with Gasteiger partial charge in [0, 0.05) is 0 Å². The van der Waals surface area contributed by atoms with Crippen LogP contribution in [0.4, 0.5) is 5.82 Å². The zero-order chi connectivity index (χ0) is 10.8. The van der Waals surface area contributed by atoms with Gasteiger partial charge in [0.1, 0.15) is 11.5 Å². The molecule has 0 saturated heterocycles. The molecule has 15 heavy (non-hydrogen) atoms. The minimum Gasteiger partial charge on any atom is -0.475 e. The molecule has 0 fully saturated rings. The minimum absolute atomic E-state index is 0.116. The third-order valence-corrected chi connectivity index (χ3v) is 1.84. The number of nitrogens with two attached hydrogens (primary N) is 1. The number of carbonyl (C=O) groups is 1. The van der Waals surface area contributed by atoms with E-state index < -0.39 is 5.97 Å². The van der Waals surface area contributed by atoms with Crippen LogP contribution in [0, 0.1) is 0 Å². The number of aromatic nitrogens is 1. The Bertz CT molecular complexity index is 505. The second kappa shape index (κ2) is 3.45. The highest BCUT2D eigenvalue weighted by Crippen LogP contribution is 2.20. The largest absolute Gasteiger partial charge is 0.475 e. The van der Waals surface area contributed by atoms with Gasteiger partial charge in [0.05, 0.1) is 0 Å². The van der Waals surface area contributed by atoms with Crippen molar-refractivity contribution in [2.45, 2.75) is 0 Å². The van der Waals surface area contributed by atoms with E-state index in [1.807, 2.05) is 0 Å². The van der Waals surface area contributed by atoms with Crippen LogP contribution in [0.2, 0.25) is 0 Å². The number of hydrogen-bond donors (Lipinski definition) is 2. The molecule has 5 nitrogen and oxygen atoms in total. The predicted molar refractivity (Wildman–Crippen MR) is 53.3 cm³/mol. The van der Waals surface area contributed by atoms with Crippen LogP contribution in [-0.2, 0) is 0 Å². The highest BCUT2D eigenvalue weighted by atomic mass is 16.4. The van der Waals surface area contributed by atoms with Crippen LogP contribution < -0.4 is 5.73 Å². The number of rotatable bonds is 2. The van der Waals surface area contributed by atoms with Gasteiger partial charge in [-0.25, -0.2) is 9.78 Å². The molecule has 0 amide bonds. The summed E-state index contributed by atoms with van der Waals surface area (Å²) in [6.45, 7) is 0. The van der Waals surface area contributed by atoms with E-state index in [2.05, 4.69) is 4.98 Å². The summed E-state index contributed by atoms with van der Waals surface area (Å²) >= 11 is 0. The predicted octanol–water partition coefficient (Wildman–Crippen LogP) is 1.62. The molecule has 0 atom stereocenters. The molecule has 5 heteroatoms. The van der Waals surface area contributed by atoms with Gasteiger partial charge in [-0.05, 0) is 24.3 Å². The Morgan fingerprint density at radius 3 is 2.73 bits per heavy atom. The van der Waals surface area contributed by atoms with Gasteiger partial charge in [-0.2, -0.15) is 0 Å². The van der Waals surface area contributed by atoms with Gasteiger partial charge >= 0.3 is 5.97 Å². The van der Waals surface area contributed by atoms with E-state index in [4.69, 9.17) is 15.3 Å². The lowest BCUT2D eigenvalue weighted by atomic mass is 10.3. The first-order valence-corrected chi connectivity index (χ1v) is 4.23. The normalized spacial score (nSPS) is 10.1. The molecular weight excluding hydrogens is 196 g/mol. The Morgan fingerprint density at radius 2 is 2.13 bits per heavy atom. The van der Waals surface area contributed by atoms with Gasteiger partial charge < -0.3 is 15.3 Å². The molecular formula is C10H8N2O3. The Kier molecular flexibility index (Phi) is 2.13. The number of nitrogen functional groups attached to an aromatic ring is 1. The summed E-state index contributed by atoms with van der Waals surface area (Å²) < 4.78 is 5.07. The third kappa shape index (κ3) is 1.80. The van der Waals surface area contributed by atoms with E-state index in [9.17, 15) is 4.79 Å². The van der Waals surface area contributed by atoms with E-state index in [1.165, 1.54) is 6.07 Å². The lowest BCUT2D eigenvalue weighted by molar-refractivity contribution is 0.0663. The van der Waals surface area contributed by atoms with E-state index in [0.29, 0.717) is 17.3 Å². The quantitative estimate of drug-likeness (QED) is 0.775. The smallest absolute Gasteiger partial charge is 0.371 e. The van der Waals surface area contributed by atoms with Crippen molar-refractivity contribution in [3.8, 4) is 11.5 Å². The Balaban J connectivity index is 2.41. The molecule has 0 aliphatic rings. The topological polar surface area (TPSA) is 89.4 Å². The molecule has 0 aliphatic carbocycles. The van der Waals surface area contributed by atoms with E-state index in [0.717, 1.165) is 0 Å². The molecule has 2 heterocycles. The van der Waals surface area contributed by atoms with Gasteiger partial charge in [0.25, 0.3) is 0 Å². The fraction of sp³-hybridized carbons (Fsp3) is 0. The Morgan fingerprint density at radius 1 is 1.33 bits per heavy atom. The van der Waals surface area contributed by atoms with Crippen molar-refractivity contribution in [2.24, 2.45) is 0 Å². The van der Waals surface area contributed by atoms with Crippen molar-refractivity contribution < 1.29 is 14.3 Å². The van der Waals surface area contributed by atoms with Crippen LogP contribution in [0.5, 0.6) is 0 Å². The number of carboxylic acid groups (broad SMARTS) is 1. The number of carboxylic acids is 1. The molecule has 2 rings (SSSR count). The minimum atomic E-state index is -1.11. The SMILES string of the molecule is Nc1cccc(-c2ccc(C(=O)O)o2)n1. The monoisotopic (exact) mass is 204 g/mol. The molecule has 0 aromatic carbocycles. The highest BCUT2D eigenvalue weighted by molar-refractivity contribution is 5.85. The summed E-state index contributed by atoms with van der Waals surface area (Å²) in [5.41, 5.74) is 6.01. The van der Waals surface area contributed by atoms with E-state index in [-0.39, 0.29) is 5.76 Å². The van der Waals surface area contributed by atoms with Crippen molar-refractivity contribution in [1.29, 1.82) is 0 Å². The number of hydrogen-bond acceptors (Lipinski definition) is 4. The fourth-order valence-electron chi connectivity index (χ4n) is 1.18. The molecule has 0 bridgehead atoms. The molecule has 0 radical (unpaired) electrons. The molecule has 2 aromatic heterocycles. The number of pyridine rings is 1. The average molecular weight is 204 g/mol. The van der Waals surface area contributed by atoms with Crippen LogP contribution in [-0.4, -0.2) is 16.1 Å². The molecule has 0 spiro atoms. The zero-order valence-corrected chi connectivity index (χ0v) is 7.68. The van der Waals surface area contributed by atoms with Crippen molar-refractivity contribution >= 4 is 11.8 Å². The first-order chi connectivity index (χ1) is 7.16. The summed E-state index contributed by atoms with van der Waals surface area (Å²) in [4.78, 5) is 14.6. The molecule has 0 aliphatic heterocycles. The lowest BCUT2D eigenvalue weighted by Gasteiger charge is -1.96. The summed E-state index contributed by atoms with van der Waals surface area (Å²) in [6.07, 6.45) is 0. The van der Waals surface area contributed by atoms with Crippen LogP contribution in [0.25, 0.3) is 11.5 Å². The highest BCUT2D eigenvalue weighted by Gasteiger charge is 2.10. The molecule has 0 saturated carbocycles. The maximum Gasteiger partial charge on any atom is 0.371 e. The van der Waals surface area contributed by atoms with E-state index >= 15 is 0 Å². The number of nitrogens with zero attached hydrogens (tertiary/aromatic N) is 1. The maximum absolute atomic E-state index is 10.6. The summed E-state index contributed by atoms with van der Waals surface area (Å²) in [7, 11) is 0. The van der Waals surface area contributed by atoms with Gasteiger partial charge in [0.2, 0.25) is 5.76 Å². The Labute approximate surface area is 85.2 Å². The molecule has 3 N–H and O–H groups in total. The second-order valence-electron chi connectivity index (χ2n) is 2.92. The summed E-state index contributed by atoms with van der Waals surface area (Å²) in [6, 6.07) is 7.99. The fourth-order valence-corrected chi connectivity index (χ4v) is 1.18. The maximum atomic E-state index is 10.6. The average Bonchev–Trinajstić information content (AvgIpc) is 2.66. The van der Waals surface area contributed by atoms with Crippen molar-refractivity contribution in [3.05, 3.63) is 36.1 Å². The van der Waals surface area contributed by atoms with Crippen molar-refractivity contribution in [3.63, 3.8) is 0 Å². The van der Waals surface area contributed by atoms with Gasteiger partial charge in [-0.3, -0.25) is 0 Å². The van der Waals surface area contributed by atoms with Crippen LogP contribution in [0.3, 0.4) is 0 Å². The molecule has 76 valence electrons. The van der Waals surface area contributed by atoms with Crippen LogP contribution >= 0.6 is 0 Å². The Hall–Kier alpha value is -2.30. The van der Waals surface area contributed by atoms with Crippen molar-refractivity contribution in [1.82, 2.24) is 4.98 Å². The lowest BCUT2D eigenvalue weighted by Crippen LogP contribution is -1.92. The van der Waals surface area contributed by atoms with Gasteiger partial charge in [0.15, 0.2) is 5.76 Å². The zero-order valence-electron chi connectivity index (χ0n) is 7.68. The van der Waals surface area contributed by atoms with Gasteiger partial charge in [-0.15, -0.1) is 0 Å². The van der Waals surface area contributed by atoms with Gasteiger partial charge in [-0.1, -0.05) is 6.07 Å². The van der Waals surface area contributed by atoms with Crippen LogP contribution in [0.15, 0.2) is 34.7 Å². The number of anilines is 1. The van der Waals surface area contributed by atoms with Crippen LogP contribution in [0.1, 0.15) is 10.6 Å². The third-order valence-electron chi connectivity index (χ3n) is 1.84. The molecule has 2 aromatic rings. The summed E-state index contributed by atoms with van der Waals surface area (Å²) in [5.74, 6) is -0.472. The summed E-state index contributed by atoms with van der Waals surface area (Å²) in [5, 5.41) is 8.66. The number of furan rings is 1. The number of aromatic carboxylic acids is 1. The molecule has 0 unspecified atom stereocenters. The second-order valence-corrected chi connectivity index (χ2v) is 2.92. The standard InChI is InChI=1S/C10H8N2O3/c11-9-3-1-2-6(12-9)7-4-5-8(15-7)10(13)14/h1-5H,(H2,11,12)(H,13,14). The first kappa shape index (κ1) is 9.26.